The average Bonchev–Trinajstić information content (AvgIpc) is 2.39. The Bertz CT molecular complexity index is 555. The molecule has 1 aromatic carbocycles. The topological polar surface area (TPSA) is 54.4 Å². The lowest BCUT2D eigenvalue weighted by Gasteiger charge is -2.27. The highest BCUT2D eigenvalue weighted by Crippen LogP contribution is 2.35. The summed E-state index contributed by atoms with van der Waals surface area (Å²) >= 11 is 0. The zero-order chi connectivity index (χ0) is 13.2. The molecule has 0 aromatic heterocycles. The van der Waals surface area contributed by atoms with Crippen molar-refractivity contribution in [1.29, 1.82) is 0 Å². The van der Waals surface area contributed by atoms with Crippen LogP contribution >= 0.6 is 0 Å². The van der Waals surface area contributed by atoms with Gasteiger partial charge in [-0.1, -0.05) is 36.4 Å². The number of allylic oxidation sites excluding steroid dienone is 4. The van der Waals surface area contributed by atoms with Crippen LogP contribution in [0.2, 0.25) is 0 Å². The van der Waals surface area contributed by atoms with E-state index in [0.717, 1.165) is 0 Å². The largest absolute Gasteiger partial charge is 0.507 e. The first-order valence-electron chi connectivity index (χ1n) is 5.76. The second kappa shape index (κ2) is 4.61. The standard InChI is InChI=1S/C15H14O3/c1-11(16)15(9-5-2-6-10-15)14(18)12-7-3-4-8-13(12)17/h2-9,17H,10H2,1H3. The van der Waals surface area contributed by atoms with E-state index in [1.807, 2.05) is 0 Å². The lowest BCUT2D eigenvalue weighted by Crippen LogP contribution is -2.36. The van der Waals surface area contributed by atoms with Crippen molar-refractivity contribution in [2.75, 3.05) is 0 Å². The molecule has 2 rings (SSSR count). The Labute approximate surface area is 105 Å². The zero-order valence-corrected chi connectivity index (χ0v) is 10.1. The van der Waals surface area contributed by atoms with Gasteiger partial charge in [-0.2, -0.15) is 0 Å². The fourth-order valence-corrected chi connectivity index (χ4v) is 2.12. The first-order valence-corrected chi connectivity index (χ1v) is 5.76. The number of Topliss-reactive ketones (excluding diaryl/α,β-unsaturated/α-hetero) is 2. The monoisotopic (exact) mass is 242 g/mol. The van der Waals surface area contributed by atoms with Gasteiger partial charge < -0.3 is 5.11 Å². The predicted octanol–water partition coefficient (Wildman–Crippen LogP) is 2.67. The van der Waals surface area contributed by atoms with E-state index in [9.17, 15) is 14.7 Å². The van der Waals surface area contributed by atoms with Crippen LogP contribution in [0, 0.1) is 5.41 Å². The Hall–Kier alpha value is -2.16. The molecule has 1 N–H and O–H groups in total. The van der Waals surface area contributed by atoms with Gasteiger partial charge in [-0.15, -0.1) is 0 Å². The molecule has 1 unspecified atom stereocenters. The van der Waals surface area contributed by atoms with Gasteiger partial charge in [0.1, 0.15) is 16.9 Å². The molecule has 0 aliphatic heterocycles. The third-order valence-corrected chi connectivity index (χ3v) is 3.25. The highest BCUT2D eigenvalue weighted by Gasteiger charge is 2.41. The minimum absolute atomic E-state index is 0.0916. The number of carbonyl (C=O) groups excluding carboxylic acids is 2. The second-order valence-corrected chi connectivity index (χ2v) is 4.37. The Morgan fingerprint density at radius 3 is 2.50 bits per heavy atom. The van der Waals surface area contributed by atoms with Crippen molar-refractivity contribution in [3.63, 3.8) is 0 Å². The van der Waals surface area contributed by atoms with E-state index in [-0.39, 0.29) is 22.9 Å². The fraction of sp³-hybridized carbons (Fsp3) is 0.200. The van der Waals surface area contributed by atoms with Gasteiger partial charge in [-0.3, -0.25) is 9.59 Å². The minimum atomic E-state index is -1.17. The maximum atomic E-state index is 12.5. The molecule has 1 aliphatic carbocycles. The number of aromatic hydroxyl groups is 1. The molecular formula is C15H14O3. The van der Waals surface area contributed by atoms with Crippen molar-refractivity contribution in [2.24, 2.45) is 5.41 Å². The number of ketones is 2. The molecule has 92 valence electrons. The van der Waals surface area contributed by atoms with Gasteiger partial charge in [-0.05, 0) is 25.5 Å². The normalized spacial score (nSPS) is 21.8. The summed E-state index contributed by atoms with van der Waals surface area (Å²) in [4.78, 5) is 24.4. The molecule has 0 spiro atoms. The van der Waals surface area contributed by atoms with Crippen LogP contribution in [-0.2, 0) is 4.79 Å². The number of phenols is 1. The van der Waals surface area contributed by atoms with Gasteiger partial charge in [0.25, 0.3) is 0 Å². The third kappa shape index (κ3) is 1.88. The average molecular weight is 242 g/mol. The van der Waals surface area contributed by atoms with E-state index < -0.39 is 5.41 Å². The lowest BCUT2D eigenvalue weighted by molar-refractivity contribution is -0.122. The van der Waals surface area contributed by atoms with Crippen molar-refractivity contribution in [1.82, 2.24) is 0 Å². The fourth-order valence-electron chi connectivity index (χ4n) is 2.12. The van der Waals surface area contributed by atoms with E-state index >= 15 is 0 Å². The van der Waals surface area contributed by atoms with Crippen LogP contribution < -0.4 is 0 Å². The van der Waals surface area contributed by atoms with Crippen molar-refractivity contribution in [3.05, 3.63) is 54.1 Å². The number of rotatable bonds is 3. The van der Waals surface area contributed by atoms with E-state index in [2.05, 4.69) is 0 Å². The van der Waals surface area contributed by atoms with Gasteiger partial charge in [0.15, 0.2) is 5.78 Å². The number of phenolic OH excluding ortho intramolecular Hbond substituents is 1. The lowest BCUT2D eigenvalue weighted by atomic mass is 9.72. The van der Waals surface area contributed by atoms with Crippen LogP contribution in [0.15, 0.2) is 48.6 Å². The number of para-hydroxylation sites is 1. The van der Waals surface area contributed by atoms with Crippen molar-refractivity contribution in [2.45, 2.75) is 13.3 Å². The molecule has 1 aliphatic rings. The van der Waals surface area contributed by atoms with Crippen molar-refractivity contribution < 1.29 is 14.7 Å². The summed E-state index contributed by atoms with van der Waals surface area (Å²) in [5, 5.41) is 9.73. The molecular weight excluding hydrogens is 228 g/mol. The predicted molar refractivity (Wildman–Crippen MR) is 68.4 cm³/mol. The summed E-state index contributed by atoms with van der Waals surface area (Å²) in [7, 11) is 0. The molecule has 0 amide bonds. The van der Waals surface area contributed by atoms with Crippen LogP contribution in [0.25, 0.3) is 0 Å². The summed E-state index contributed by atoms with van der Waals surface area (Å²) in [6, 6.07) is 6.30. The molecule has 0 saturated heterocycles. The molecule has 1 atom stereocenters. The SMILES string of the molecule is CC(=O)C1(C(=O)c2ccccc2O)C=CC=CC1. The highest BCUT2D eigenvalue weighted by molar-refractivity contribution is 6.16. The summed E-state index contributed by atoms with van der Waals surface area (Å²) < 4.78 is 0. The van der Waals surface area contributed by atoms with Crippen LogP contribution in [0.4, 0.5) is 0 Å². The summed E-state index contributed by atoms with van der Waals surface area (Å²) in [6.45, 7) is 1.40. The van der Waals surface area contributed by atoms with Gasteiger partial charge in [-0.25, -0.2) is 0 Å². The van der Waals surface area contributed by atoms with E-state index in [1.54, 1.807) is 36.4 Å². The van der Waals surface area contributed by atoms with Gasteiger partial charge in [0.2, 0.25) is 0 Å². The smallest absolute Gasteiger partial charge is 0.184 e. The maximum absolute atomic E-state index is 12.5. The summed E-state index contributed by atoms with van der Waals surface area (Å²) in [5.74, 6) is -0.656. The van der Waals surface area contributed by atoms with Crippen molar-refractivity contribution >= 4 is 11.6 Å². The molecule has 3 nitrogen and oxygen atoms in total. The van der Waals surface area contributed by atoms with E-state index in [4.69, 9.17) is 0 Å². The van der Waals surface area contributed by atoms with Crippen molar-refractivity contribution in [3.8, 4) is 5.75 Å². The molecule has 3 heteroatoms. The van der Waals surface area contributed by atoms with Crippen LogP contribution in [-0.4, -0.2) is 16.7 Å². The molecule has 0 saturated carbocycles. The number of carbonyl (C=O) groups is 2. The first kappa shape index (κ1) is 12.3. The number of hydrogen-bond acceptors (Lipinski definition) is 3. The molecule has 18 heavy (non-hydrogen) atoms. The van der Waals surface area contributed by atoms with E-state index in [0.29, 0.717) is 6.42 Å². The Morgan fingerprint density at radius 2 is 1.94 bits per heavy atom. The number of hydrogen-bond donors (Lipinski definition) is 1. The summed E-state index contributed by atoms with van der Waals surface area (Å²) in [6.07, 6.45) is 7.25. The van der Waals surface area contributed by atoms with E-state index in [1.165, 1.54) is 19.1 Å². The molecule has 0 fully saturated rings. The van der Waals surface area contributed by atoms with Crippen LogP contribution in [0.1, 0.15) is 23.7 Å². The molecule has 0 heterocycles. The van der Waals surface area contributed by atoms with Gasteiger partial charge in [0.05, 0.1) is 5.56 Å². The first-order chi connectivity index (χ1) is 8.58. The van der Waals surface area contributed by atoms with Crippen LogP contribution in [0.3, 0.4) is 0 Å². The molecule has 0 radical (unpaired) electrons. The molecule has 0 bridgehead atoms. The van der Waals surface area contributed by atoms with Crippen LogP contribution in [0.5, 0.6) is 5.75 Å². The number of benzene rings is 1. The minimum Gasteiger partial charge on any atom is -0.507 e. The Morgan fingerprint density at radius 1 is 1.22 bits per heavy atom. The summed E-state index contributed by atoms with van der Waals surface area (Å²) in [5.41, 5.74) is -0.985. The quantitative estimate of drug-likeness (QED) is 0.655. The maximum Gasteiger partial charge on any atom is 0.184 e. The Kier molecular flexibility index (Phi) is 3.15. The second-order valence-electron chi connectivity index (χ2n) is 4.37. The Balaban J connectivity index is 2.49. The molecule has 1 aromatic rings. The van der Waals surface area contributed by atoms with Gasteiger partial charge >= 0.3 is 0 Å². The third-order valence-electron chi connectivity index (χ3n) is 3.25. The highest BCUT2D eigenvalue weighted by atomic mass is 16.3. The van der Waals surface area contributed by atoms with Gasteiger partial charge in [0, 0.05) is 0 Å². The zero-order valence-electron chi connectivity index (χ0n) is 10.1.